The van der Waals surface area contributed by atoms with Gasteiger partial charge in [-0.3, -0.25) is 14.6 Å². The maximum atomic E-state index is 15.1. The summed E-state index contributed by atoms with van der Waals surface area (Å²) in [7, 11) is 0. The van der Waals surface area contributed by atoms with Crippen molar-refractivity contribution in [1.82, 2.24) is 4.98 Å². The Labute approximate surface area is 266 Å². The van der Waals surface area contributed by atoms with Crippen molar-refractivity contribution >= 4 is 40.1 Å². The molecule has 0 radical (unpaired) electrons. The number of ether oxygens (including phenoxy) is 3. The van der Waals surface area contributed by atoms with E-state index < -0.39 is 41.4 Å². The Morgan fingerprint density at radius 1 is 0.860 bits per heavy atom. The average molecular weight is 600 g/mol. The number of carbonyl (C=O) groups excluding carboxylic acids is 3. The first-order valence-corrected chi connectivity index (χ1v) is 12.9. The van der Waals surface area contributed by atoms with Crippen LogP contribution in [-0.4, -0.2) is 36.0 Å². The third kappa shape index (κ3) is 7.22. The number of hydrogen-bond donors (Lipinski definition) is 2. The zero-order valence-corrected chi connectivity index (χ0v) is 25.2. The van der Waals surface area contributed by atoms with E-state index >= 15 is 4.39 Å². The Bertz CT molecular complexity index is 1680. The second-order valence-corrected chi connectivity index (χ2v) is 9.46. The predicted octanol–water partition coefficient (Wildman–Crippen LogP) is 1.19. The number of anilines is 2. The van der Waals surface area contributed by atoms with Crippen LogP contribution in [0.15, 0.2) is 66.9 Å². The van der Waals surface area contributed by atoms with E-state index in [4.69, 9.17) is 14.2 Å². The molecule has 1 aliphatic rings. The topological polar surface area (TPSA) is 139 Å². The van der Waals surface area contributed by atoms with Gasteiger partial charge in [0, 0.05) is 35.1 Å². The Hall–Kier alpha value is -4.26. The van der Waals surface area contributed by atoms with Crippen molar-refractivity contribution in [2.45, 2.75) is 19.8 Å². The number of nitrogens with zero attached hydrogens (tertiary/aromatic N) is 1. The number of hydrogen-bond acceptors (Lipinski definition) is 8. The Morgan fingerprint density at radius 3 is 2.14 bits per heavy atom. The maximum absolute atomic E-state index is 15.1. The molecule has 5 rings (SSSR count). The van der Waals surface area contributed by atoms with Crippen LogP contribution in [0.3, 0.4) is 0 Å². The molecule has 4 aromatic rings. The molecule has 1 fully saturated rings. The standard InChI is InChI=1S/C30H25F2N3O7.Na/c1-2-40-25-14-20-22(15-26(25)41-16-27(36)37)33-12-9-23(20)42-24-8-7-19(13-21(24)32)35-29(39)30(10-11-30)28(38)34-18-5-3-17(31)4-6-18;/h3-9,12-15H,2,10-11,16H2,1H3,(H,34,38)(H,35,39)(H,36,37);/q;+1/p-1. The number of aliphatic carboxylic acids is 1. The molecule has 0 unspecified atom stereocenters. The van der Waals surface area contributed by atoms with Gasteiger partial charge in [0.05, 0.1) is 18.1 Å². The van der Waals surface area contributed by atoms with Crippen LogP contribution in [0.5, 0.6) is 23.0 Å². The first-order chi connectivity index (χ1) is 20.2. The third-order valence-electron chi connectivity index (χ3n) is 6.54. The molecule has 0 saturated heterocycles. The number of nitrogens with one attached hydrogen (secondary N) is 2. The molecule has 1 heterocycles. The van der Waals surface area contributed by atoms with Crippen LogP contribution in [0.2, 0.25) is 0 Å². The molecule has 13 heteroatoms. The molecule has 10 nitrogen and oxygen atoms in total. The molecule has 0 atom stereocenters. The number of fused-ring (bicyclic) bond motifs is 1. The fraction of sp³-hybridized carbons (Fsp3) is 0.200. The fourth-order valence-electron chi connectivity index (χ4n) is 4.23. The quantitative estimate of drug-likeness (QED) is 0.194. The molecular weight excluding hydrogens is 575 g/mol. The number of rotatable bonds is 11. The second kappa shape index (κ2) is 13.4. The van der Waals surface area contributed by atoms with Crippen molar-refractivity contribution in [2.24, 2.45) is 5.41 Å². The SMILES string of the molecule is CCOc1cc2c(Oc3ccc(NC(=O)C4(C(=O)Nc5ccc(F)cc5)CC4)cc3F)ccnc2cc1OCC(=O)[O-].[Na+]. The number of carbonyl (C=O) groups is 3. The number of carboxylic acids is 1. The minimum absolute atomic E-state index is 0. The summed E-state index contributed by atoms with van der Waals surface area (Å²) in [4.78, 5) is 40.8. The van der Waals surface area contributed by atoms with Gasteiger partial charge in [0.25, 0.3) is 0 Å². The van der Waals surface area contributed by atoms with Crippen LogP contribution in [0.1, 0.15) is 19.8 Å². The smallest absolute Gasteiger partial charge is 0.546 e. The van der Waals surface area contributed by atoms with E-state index in [1.54, 1.807) is 13.0 Å². The van der Waals surface area contributed by atoms with Gasteiger partial charge in [0.2, 0.25) is 11.8 Å². The summed E-state index contributed by atoms with van der Waals surface area (Å²) in [5.41, 5.74) is -0.454. The first kappa shape index (κ1) is 31.7. The number of pyridine rings is 1. The van der Waals surface area contributed by atoms with Crippen molar-refractivity contribution in [3.8, 4) is 23.0 Å². The number of carboxylic acid groups (broad SMARTS) is 1. The Balaban J connectivity index is 0.00000423. The zero-order valence-electron chi connectivity index (χ0n) is 23.2. The maximum Gasteiger partial charge on any atom is 1.00 e. The van der Waals surface area contributed by atoms with Gasteiger partial charge in [-0.25, -0.2) is 8.78 Å². The summed E-state index contributed by atoms with van der Waals surface area (Å²) in [5, 5.41) is 16.5. The van der Waals surface area contributed by atoms with Gasteiger partial charge in [-0.05, 0) is 68.3 Å². The van der Waals surface area contributed by atoms with Crippen molar-refractivity contribution in [3.05, 3.63) is 78.5 Å². The average Bonchev–Trinajstić information content (AvgIpc) is 3.77. The molecule has 1 aromatic heterocycles. The van der Waals surface area contributed by atoms with E-state index in [9.17, 15) is 23.9 Å². The summed E-state index contributed by atoms with van der Waals surface area (Å²) < 4.78 is 44.9. The van der Waals surface area contributed by atoms with Crippen LogP contribution < -0.4 is 59.5 Å². The normalized spacial score (nSPS) is 12.9. The first-order valence-electron chi connectivity index (χ1n) is 12.9. The zero-order chi connectivity index (χ0) is 29.9. The van der Waals surface area contributed by atoms with Gasteiger partial charge in [-0.1, -0.05) is 0 Å². The summed E-state index contributed by atoms with van der Waals surface area (Å²) >= 11 is 0. The molecule has 0 aliphatic heterocycles. The van der Waals surface area contributed by atoms with Gasteiger partial charge in [0.1, 0.15) is 23.6 Å². The van der Waals surface area contributed by atoms with Crippen LogP contribution in [-0.2, 0) is 14.4 Å². The third-order valence-corrected chi connectivity index (χ3v) is 6.54. The van der Waals surface area contributed by atoms with E-state index in [-0.39, 0.29) is 64.8 Å². The van der Waals surface area contributed by atoms with Gasteiger partial charge in [-0.2, -0.15) is 0 Å². The molecule has 2 amide bonds. The molecule has 216 valence electrons. The van der Waals surface area contributed by atoms with Crippen LogP contribution in [0.4, 0.5) is 20.2 Å². The van der Waals surface area contributed by atoms with Crippen molar-refractivity contribution < 1.29 is 72.0 Å². The van der Waals surface area contributed by atoms with E-state index in [0.29, 0.717) is 29.4 Å². The minimum atomic E-state index is -1.40. The Kier molecular flexibility index (Phi) is 9.84. The van der Waals surface area contributed by atoms with E-state index in [2.05, 4.69) is 15.6 Å². The van der Waals surface area contributed by atoms with E-state index in [1.807, 2.05) is 0 Å². The monoisotopic (exact) mass is 599 g/mol. The van der Waals surface area contributed by atoms with Gasteiger partial charge < -0.3 is 34.7 Å². The number of aromatic nitrogens is 1. The molecule has 0 spiro atoms. The number of benzene rings is 3. The molecule has 0 bridgehead atoms. The molecule has 1 saturated carbocycles. The molecule has 1 aliphatic carbocycles. The summed E-state index contributed by atoms with van der Waals surface area (Å²) in [5.74, 6) is -3.29. The molecule has 3 aromatic carbocycles. The predicted molar refractivity (Wildman–Crippen MR) is 145 cm³/mol. The van der Waals surface area contributed by atoms with Crippen LogP contribution >= 0.6 is 0 Å². The van der Waals surface area contributed by atoms with Crippen LogP contribution in [0.25, 0.3) is 10.9 Å². The van der Waals surface area contributed by atoms with Crippen molar-refractivity contribution in [3.63, 3.8) is 0 Å². The van der Waals surface area contributed by atoms with Crippen molar-refractivity contribution in [1.29, 1.82) is 0 Å². The van der Waals surface area contributed by atoms with E-state index in [1.165, 1.54) is 54.7 Å². The molecule has 2 N–H and O–H groups in total. The second-order valence-electron chi connectivity index (χ2n) is 9.46. The van der Waals surface area contributed by atoms with Crippen LogP contribution in [0, 0.1) is 17.0 Å². The summed E-state index contributed by atoms with van der Waals surface area (Å²) in [6.07, 6.45) is 2.06. The molecular formula is C30H24F2N3NaO7. The van der Waals surface area contributed by atoms with Crippen molar-refractivity contribution in [2.75, 3.05) is 23.8 Å². The van der Waals surface area contributed by atoms with E-state index in [0.717, 1.165) is 6.07 Å². The summed E-state index contributed by atoms with van der Waals surface area (Å²) in [6.45, 7) is 1.32. The largest absolute Gasteiger partial charge is 1.00 e. The molecule has 43 heavy (non-hydrogen) atoms. The number of amides is 2. The minimum Gasteiger partial charge on any atom is -0.546 e. The van der Waals surface area contributed by atoms with Gasteiger partial charge in [-0.15, -0.1) is 0 Å². The van der Waals surface area contributed by atoms with Gasteiger partial charge >= 0.3 is 29.6 Å². The Morgan fingerprint density at radius 2 is 1.51 bits per heavy atom. The fourth-order valence-corrected chi connectivity index (χ4v) is 4.23. The number of halogens is 2. The summed E-state index contributed by atoms with van der Waals surface area (Å²) in [6, 6.07) is 13.6. The van der Waals surface area contributed by atoms with Gasteiger partial charge in [0.15, 0.2) is 23.1 Å².